The summed E-state index contributed by atoms with van der Waals surface area (Å²) >= 11 is 0. The first-order chi connectivity index (χ1) is 15.2. The Balaban J connectivity index is 1.94. The summed E-state index contributed by atoms with van der Waals surface area (Å²) in [5.74, 6) is -0.721. The Bertz CT molecular complexity index is 1120. The van der Waals surface area contributed by atoms with Gasteiger partial charge in [-0.15, -0.1) is 0 Å². The zero-order chi connectivity index (χ0) is 23.5. The minimum absolute atomic E-state index is 0.0442. The molecule has 0 aliphatic carbocycles. The third-order valence-corrected chi connectivity index (χ3v) is 6.26. The molecule has 12 heteroatoms. The first kappa shape index (κ1) is 23.0. The number of nitrogens with two attached hydrogens (primary N) is 1. The first-order valence-electron chi connectivity index (χ1n) is 9.29. The van der Waals surface area contributed by atoms with Gasteiger partial charge in [0.1, 0.15) is 13.2 Å². The number of rotatable bonds is 8. The lowest BCUT2D eigenvalue weighted by Crippen LogP contribution is -2.33. The summed E-state index contributed by atoms with van der Waals surface area (Å²) < 4.78 is 53.3. The van der Waals surface area contributed by atoms with Gasteiger partial charge in [0.2, 0.25) is 5.75 Å². The van der Waals surface area contributed by atoms with Gasteiger partial charge in [0.15, 0.2) is 29.6 Å². The number of primary amides is 1. The van der Waals surface area contributed by atoms with Crippen LogP contribution in [0.25, 0.3) is 0 Å². The molecule has 2 aromatic rings. The highest BCUT2D eigenvalue weighted by molar-refractivity contribution is 7.89. The SMILES string of the molecule is COc1cc(C(=O)N(C)S(=O)(=O)c2ccc3c(c2)OCCO3)cc(OC)c1OCC(N)=O. The van der Waals surface area contributed by atoms with E-state index < -0.39 is 28.4 Å². The number of sulfonamides is 1. The Morgan fingerprint density at radius 2 is 1.62 bits per heavy atom. The Labute approximate surface area is 184 Å². The maximum absolute atomic E-state index is 13.1. The molecule has 172 valence electrons. The predicted octanol–water partition coefficient (Wildman–Crippen LogP) is 0.800. The van der Waals surface area contributed by atoms with Crippen molar-refractivity contribution in [1.82, 2.24) is 4.31 Å². The number of methoxy groups -OCH3 is 2. The van der Waals surface area contributed by atoms with E-state index in [1.165, 1.54) is 44.6 Å². The monoisotopic (exact) mass is 466 g/mol. The molecule has 0 radical (unpaired) electrons. The molecular formula is C20H22N2O9S. The number of benzene rings is 2. The highest BCUT2D eigenvalue weighted by Crippen LogP contribution is 2.39. The van der Waals surface area contributed by atoms with E-state index in [0.717, 1.165) is 7.05 Å². The predicted molar refractivity (Wildman–Crippen MR) is 111 cm³/mol. The highest BCUT2D eigenvalue weighted by Gasteiger charge is 2.30. The summed E-state index contributed by atoms with van der Waals surface area (Å²) in [5.41, 5.74) is 5.05. The Kier molecular flexibility index (Phi) is 6.63. The maximum atomic E-state index is 13.1. The van der Waals surface area contributed by atoms with Gasteiger partial charge in [-0.3, -0.25) is 9.59 Å². The second-order valence-corrected chi connectivity index (χ2v) is 8.52. The second kappa shape index (κ2) is 9.22. The van der Waals surface area contributed by atoms with Gasteiger partial charge in [0.05, 0.1) is 19.1 Å². The van der Waals surface area contributed by atoms with Gasteiger partial charge in [-0.1, -0.05) is 0 Å². The van der Waals surface area contributed by atoms with Gasteiger partial charge in [0.25, 0.3) is 21.8 Å². The van der Waals surface area contributed by atoms with Crippen LogP contribution in [0.15, 0.2) is 35.2 Å². The van der Waals surface area contributed by atoms with Crippen LogP contribution >= 0.6 is 0 Å². The molecule has 1 heterocycles. The molecule has 0 unspecified atom stereocenters. The lowest BCUT2D eigenvalue weighted by molar-refractivity contribution is -0.120. The molecule has 0 saturated carbocycles. The Hall–Kier alpha value is -3.67. The van der Waals surface area contributed by atoms with Gasteiger partial charge in [-0.25, -0.2) is 12.7 Å². The van der Waals surface area contributed by atoms with Crippen molar-refractivity contribution in [3.05, 3.63) is 35.9 Å². The molecule has 1 aliphatic heterocycles. The molecule has 0 aromatic heterocycles. The van der Waals surface area contributed by atoms with E-state index in [1.54, 1.807) is 0 Å². The number of nitrogens with zero attached hydrogens (tertiary/aromatic N) is 1. The molecule has 11 nitrogen and oxygen atoms in total. The van der Waals surface area contributed by atoms with E-state index in [4.69, 9.17) is 29.4 Å². The van der Waals surface area contributed by atoms with Crippen molar-refractivity contribution in [2.45, 2.75) is 4.90 Å². The van der Waals surface area contributed by atoms with Crippen molar-refractivity contribution in [3.8, 4) is 28.7 Å². The summed E-state index contributed by atoms with van der Waals surface area (Å²) in [6.45, 7) is 0.202. The van der Waals surface area contributed by atoms with Crippen LogP contribution in [0.2, 0.25) is 0 Å². The van der Waals surface area contributed by atoms with Gasteiger partial charge in [-0.2, -0.15) is 0 Å². The quantitative estimate of drug-likeness (QED) is 0.597. The van der Waals surface area contributed by atoms with Gasteiger partial charge < -0.3 is 29.4 Å². The van der Waals surface area contributed by atoms with E-state index in [9.17, 15) is 18.0 Å². The molecule has 2 N–H and O–H groups in total. The molecule has 0 fully saturated rings. The largest absolute Gasteiger partial charge is 0.493 e. The molecule has 2 aromatic carbocycles. The molecule has 2 amide bonds. The zero-order valence-corrected chi connectivity index (χ0v) is 18.4. The van der Waals surface area contributed by atoms with Crippen molar-refractivity contribution < 1.29 is 41.7 Å². The van der Waals surface area contributed by atoms with Crippen LogP contribution in [0, 0.1) is 0 Å². The minimum atomic E-state index is -4.22. The lowest BCUT2D eigenvalue weighted by Gasteiger charge is -2.22. The van der Waals surface area contributed by atoms with Crippen LogP contribution in [-0.4, -0.2) is 65.6 Å². The smallest absolute Gasteiger partial charge is 0.267 e. The summed E-state index contributed by atoms with van der Waals surface area (Å²) in [7, 11) is -0.456. The van der Waals surface area contributed by atoms with Crippen LogP contribution in [0.5, 0.6) is 28.7 Å². The van der Waals surface area contributed by atoms with E-state index >= 15 is 0 Å². The fourth-order valence-corrected chi connectivity index (χ4v) is 4.06. The molecule has 3 rings (SSSR count). The van der Waals surface area contributed by atoms with Crippen molar-refractivity contribution in [3.63, 3.8) is 0 Å². The first-order valence-corrected chi connectivity index (χ1v) is 10.7. The number of hydrogen-bond donors (Lipinski definition) is 1. The van der Waals surface area contributed by atoms with Crippen LogP contribution in [-0.2, 0) is 14.8 Å². The second-order valence-electron chi connectivity index (χ2n) is 6.55. The zero-order valence-electron chi connectivity index (χ0n) is 17.6. The summed E-state index contributed by atoms with van der Waals surface area (Å²) in [6.07, 6.45) is 0. The number of carbonyl (C=O) groups excluding carboxylic acids is 2. The summed E-state index contributed by atoms with van der Waals surface area (Å²) in [6, 6.07) is 6.65. The Morgan fingerprint density at radius 3 is 2.19 bits per heavy atom. The molecular weight excluding hydrogens is 444 g/mol. The lowest BCUT2D eigenvalue weighted by atomic mass is 10.1. The van der Waals surface area contributed by atoms with E-state index in [0.29, 0.717) is 16.7 Å². The fraction of sp³-hybridized carbons (Fsp3) is 0.300. The average molecular weight is 466 g/mol. The van der Waals surface area contributed by atoms with Gasteiger partial charge in [0, 0.05) is 18.7 Å². The summed E-state index contributed by atoms with van der Waals surface area (Å²) in [4.78, 5) is 23.9. The molecule has 0 saturated heterocycles. The van der Waals surface area contributed by atoms with Crippen LogP contribution in [0.1, 0.15) is 10.4 Å². The van der Waals surface area contributed by atoms with Crippen LogP contribution in [0.3, 0.4) is 0 Å². The molecule has 0 bridgehead atoms. The van der Waals surface area contributed by atoms with E-state index in [2.05, 4.69) is 0 Å². The fourth-order valence-electron chi connectivity index (χ4n) is 2.92. The number of hydrogen-bond acceptors (Lipinski definition) is 9. The van der Waals surface area contributed by atoms with E-state index in [-0.39, 0.29) is 40.1 Å². The van der Waals surface area contributed by atoms with Crippen molar-refractivity contribution >= 4 is 21.8 Å². The average Bonchev–Trinajstić information content (AvgIpc) is 2.80. The topological polar surface area (TPSA) is 144 Å². The maximum Gasteiger partial charge on any atom is 0.267 e. The third-order valence-electron chi connectivity index (χ3n) is 4.52. The summed E-state index contributed by atoms with van der Waals surface area (Å²) in [5, 5.41) is 0. The van der Waals surface area contributed by atoms with Crippen LogP contribution < -0.4 is 29.4 Å². The molecule has 1 aliphatic rings. The molecule has 0 atom stereocenters. The van der Waals surface area contributed by atoms with Gasteiger partial charge >= 0.3 is 0 Å². The number of fused-ring (bicyclic) bond motifs is 1. The van der Waals surface area contributed by atoms with Crippen LogP contribution in [0.4, 0.5) is 0 Å². The standard InChI is InChI=1S/C20H22N2O9S/c1-22(32(25,26)13-4-5-14-15(10-13)30-7-6-29-14)20(24)12-8-16(27-2)19(17(9-12)28-3)31-11-18(21)23/h4-5,8-10H,6-7,11H2,1-3H3,(H2,21,23). The highest BCUT2D eigenvalue weighted by atomic mass is 32.2. The van der Waals surface area contributed by atoms with E-state index in [1.807, 2.05) is 0 Å². The number of carbonyl (C=O) groups is 2. The minimum Gasteiger partial charge on any atom is -0.493 e. The normalized spacial score (nSPS) is 12.6. The Morgan fingerprint density at radius 1 is 1.03 bits per heavy atom. The van der Waals surface area contributed by atoms with Crippen molar-refractivity contribution in [1.29, 1.82) is 0 Å². The number of amides is 2. The van der Waals surface area contributed by atoms with Gasteiger partial charge in [-0.05, 0) is 24.3 Å². The molecule has 32 heavy (non-hydrogen) atoms. The van der Waals surface area contributed by atoms with Crippen molar-refractivity contribution in [2.75, 3.05) is 41.1 Å². The number of ether oxygens (including phenoxy) is 5. The molecule has 0 spiro atoms. The van der Waals surface area contributed by atoms with Crippen molar-refractivity contribution in [2.24, 2.45) is 5.73 Å². The third kappa shape index (κ3) is 4.49.